The predicted molar refractivity (Wildman–Crippen MR) is 90.0 cm³/mol. The third-order valence-electron chi connectivity index (χ3n) is 5.32. The highest BCUT2D eigenvalue weighted by atomic mass is 16.6. The van der Waals surface area contributed by atoms with Gasteiger partial charge >= 0.3 is 5.54 Å². The molecule has 0 aromatic heterocycles. The molecule has 1 aromatic carbocycles. The Kier molecular flexibility index (Phi) is 4.19. The standard InChI is InChI=1S/C17H17N3O6/c1-18-10-16(19(23)24)8-7-15(22)17(11-18,20(25)26)14(16)9-13(21)12-5-3-2-4-6-12/h2-8,14H,9-11H2,1H3. The van der Waals surface area contributed by atoms with Crippen molar-refractivity contribution in [2.75, 3.05) is 20.1 Å². The average Bonchev–Trinajstić information content (AvgIpc) is 2.60. The molecule has 9 nitrogen and oxygen atoms in total. The molecule has 0 spiro atoms. The van der Waals surface area contributed by atoms with Crippen molar-refractivity contribution in [2.24, 2.45) is 5.92 Å². The summed E-state index contributed by atoms with van der Waals surface area (Å²) in [5.74, 6) is -2.63. The Hall–Kier alpha value is -2.94. The summed E-state index contributed by atoms with van der Waals surface area (Å²) in [5, 5.41) is 23.8. The van der Waals surface area contributed by atoms with Crippen LogP contribution in [0, 0.1) is 26.1 Å². The van der Waals surface area contributed by atoms with Crippen molar-refractivity contribution in [3.05, 3.63) is 68.3 Å². The molecule has 9 heteroatoms. The van der Waals surface area contributed by atoms with Crippen LogP contribution in [0.15, 0.2) is 42.5 Å². The van der Waals surface area contributed by atoms with Crippen LogP contribution in [0.25, 0.3) is 0 Å². The number of benzene rings is 1. The number of Topliss-reactive ketones (excluding diaryl/α,β-unsaturated/α-hetero) is 1. The number of hydrogen-bond acceptors (Lipinski definition) is 7. The monoisotopic (exact) mass is 359 g/mol. The maximum atomic E-state index is 12.7. The van der Waals surface area contributed by atoms with Gasteiger partial charge in [0.2, 0.25) is 5.78 Å². The highest BCUT2D eigenvalue weighted by Crippen LogP contribution is 2.45. The maximum absolute atomic E-state index is 12.7. The lowest BCUT2D eigenvalue weighted by Gasteiger charge is -2.47. The summed E-state index contributed by atoms with van der Waals surface area (Å²) in [7, 11) is 1.50. The maximum Gasteiger partial charge on any atom is 0.305 e. The lowest BCUT2D eigenvalue weighted by Crippen LogP contribution is -2.74. The Bertz CT molecular complexity index is 823. The fourth-order valence-electron chi connectivity index (χ4n) is 4.11. The first kappa shape index (κ1) is 17.9. The molecule has 1 heterocycles. The molecule has 2 aliphatic rings. The number of ketones is 2. The average molecular weight is 359 g/mol. The summed E-state index contributed by atoms with van der Waals surface area (Å²) in [6, 6.07) is 8.08. The van der Waals surface area contributed by atoms with Gasteiger partial charge in [0, 0.05) is 21.8 Å². The van der Waals surface area contributed by atoms with E-state index in [1.807, 2.05) is 0 Å². The number of piperidine rings is 1. The van der Waals surface area contributed by atoms with Gasteiger partial charge in [-0.15, -0.1) is 0 Å². The van der Waals surface area contributed by atoms with E-state index in [4.69, 9.17) is 0 Å². The van der Waals surface area contributed by atoms with E-state index in [1.165, 1.54) is 11.9 Å². The van der Waals surface area contributed by atoms with E-state index in [1.54, 1.807) is 30.3 Å². The second-order valence-electron chi connectivity index (χ2n) is 6.85. The Balaban J connectivity index is 2.13. The van der Waals surface area contributed by atoms with Gasteiger partial charge < -0.3 is 0 Å². The van der Waals surface area contributed by atoms with Crippen LogP contribution in [0.2, 0.25) is 0 Å². The third-order valence-corrected chi connectivity index (χ3v) is 5.32. The first-order chi connectivity index (χ1) is 12.2. The molecule has 1 saturated heterocycles. The van der Waals surface area contributed by atoms with Crippen LogP contribution in [0.1, 0.15) is 16.8 Å². The molecule has 2 bridgehead atoms. The molecule has 3 atom stereocenters. The van der Waals surface area contributed by atoms with E-state index in [9.17, 15) is 29.8 Å². The van der Waals surface area contributed by atoms with Gasteiger partial charge in [0.1, 0.15) is 5.92 Å². The topological polar surface area (TPSA) is 124 Å². The van der Waals surface area contributed by atoms with Crippen molar-refractivity contribution < 1.29 is 19.4 Å². The summed E-state index contributed by atoms with van der Waals surface area (Å²) in [5.41, 5.74) is -3.77. The summed E-state index contributed by atoms with van der Waals surface area (Å²) in [6.07, 6.45) is 1.60. The molecule has 136 valence electrons. The zero-order chi connectivity index (χ0) is 19.1. The predicted octanol–water partition coefficient (Wildman–Crippen LogP) is 0.991. The number of nitrogens with zero attached hydrogens (tertiary/aromatic N) is 3. The molecular formula is C17H17N3O6. The summed E-state index contributed by atoms with van der Waals surface area (Å²) < 4.78 is 0. The van der Waals surface area contributed by atoms with Crippen LogP contribution >= 0.6 is 0 Å². The molecule has 1 aliphatic carbocycles. The van der Waals surface area contributed by atoms with Crippen molar-refractivity contribution in [2.45, 2.75) is 17.5 Å². The zero-order valence-corrected chi connectivity index (χ0v) is 14.0. The van der Waals surface area contributed by atoms with Gasteiger partial charge in [0.05, 0.1) is 13.1 Å². The van der Waals surface area contributed by atoms with Crippen molar-refractivity contribution in [3.63, 3.8) is 0 Å². The number of hydrogen-bond donors (Lipinski definition) is 0. The number of carbonyl (C=O) groups is 2. The SMILES string of the molecule is CN1CC2([N+](=O)[O-])C=CC(=O)C([N+](=O)[O-])(C1)C2CC(=O)c1ccccc1. The van der Waals surface area contributed by atoms with E-state index < -0.39 is 44.8 Å². The van der Waals surface area contributed by atoms with Crippen molar-refractivity contribution in [1.82, 2.24) is 4.90 Å². The molecule has 1 fully saturated rings. The van der Waals surface area contributed by atoms with Crippen molar-refractivity contribution in [3.8, 4) is 0 Å². The van der Waals surface area contributed by atoms with Gasteiger partial charge in [-0.05, 0) is 19.2 Å². The summed E-state index contributed by atoms with van der Waals surface area (Å²) in [6.45, 7) is -0.377. The quantitative estimate of drug-likeness (QED) is 0.436. The Labute approximate surface area is 148 Å². The number of rotatable bonds is 5. The Morgan fingerprint density at radius 2 is 1.85 bits per heavy atom. The van der Waals surface area contributed by atoms with Crippen LogP contribution in [0.4, 0.5) is 0 Å². The minimum absolute atomic E-state index is 0.105. The van der Waals surface area contributed by atoms with Crippen LogP contribution in [0.5, 0.6) is 0 Å². The zero-order valence-electron chi connectivity index (χ0n) is 14.0. The van der Waals surface area contributed by atoms with Gasteiger partial charge in [0.25, 0.3) is 5.54 Å². The molecule has 3 rings (SSSR count). The van der Waals surface area contributed by atoms with Gasteiger partial charge in [-0.2, -0.15) is 0 Å². The van der Waals surface area contributed by atoms with E-state index in [0.717, 1.165) is 12.2 Å². The smallest absolute Gasteiger partial charge is 0.294 e. The molecule has 0 saturated carbocycles. The molecular weight excluding hydrogens is 342 g/mol. The second kappa shape index (κ2) is 6.10. The normalized spacial score (nSPS) is 30.8. The number of likely N-dealkylation sites (N-methyl/N-ethyl adjacent to an activating group) is 1. The fraction of sp³-hybridized carbons (Fsp3) is 0.412. The minimum Gasteiger partial charge on any atom is -0.294 e. The highest BCUT2D eigenvalue weighted by molar-refractivity contribution is 6.01. The summed E-state index contributed by atoms with van der Waals surface area (Å²) in [4.78, 5) is 49.1. The fourth-order valence-corrected chi connectivity index (χ4v) is 4.11. The number of fused-ring (bicyclic) bond motifs is 2. The minimum atomic E-state index is -2.21. The number of nitro groups is 2. The second-order valence-corrected chi connectivity index (χ2v) is 6.85. The van der Waals surface area contributed by atoms with Crippen molar-refractivity contribution >= 4 is 11.6 Å². The van der Waals surface area contributed by atoms with E-state index in [-0.39, 0.29) is 13.1 Å². The molecule has 1 aromatic rings. The van der Waals surface area contributed by atoms with Crippen molar-refractivity contribution in [1.29, 1.82) is 0 Å². The van der Waals surface area contributed by atoms with Crippen LogP contribution in [-0.4, -0.2) is 57.5 Å². The van der Waals surface area contributed by atoms with E-state index in [0.29, 0.717) is 5.56 Å². The van der Waals surface area contributed by atoms with Gasteiger partial charge in [0.15, 0.2) is 5.78 Å². The molecule has 1 aliphatic heterocycles. The molecule has 3 unspecified atom stereocenters. The lowest BCUT2D eigenvalue weighted by atomic mass is 9.60. The van der Waals surface area contributed by atoms with E-state index in [2.05, 4.69) is 0 Å². The molecule has 0 N–H and O–H groups in total. The first-order valence-electron chi connectivity index (χ1n) is 8.03. The lowest BCUT2D eigenvalue weighted by molar-refractivity contribution is -0.623. The largest absolute Gasteiger partial charge is 0.305 e. The first-order valence-corrected chi connectivity index (χ1v) is 8.03. The van der Waals surface area contributed by atoms with Gasteiger partial charge in [-0.1, -0.05) is 30.3 Å². The molecule has 26 heavy (non-hydrogen) atoms. The number of likely N-dealkylation sites (tertiary alicyclic amines) is 1. The Morgan fingerprint density at radius 1 is 1.19 bits per heavy atom. The number of carbonyl (C=O) groups excluding carboxylic acids is 2. The van der Waals surface area contributed by atoms with Crippen LogP contribution in [0.3, 0.4) is 0 Å². The molecule has 0 amide bonds. The van der Waals surface area contributed by atoms with Crippen LogP contribution < -0.4 is 0 Å². The Morgan fingerprint density at radius 3 is 2.42 bits per heavy atom. The summed E-state index contributed by atoms with van der Waals surface area (Å²) >= 11 is 0. The third kappa shape index (κ3) is 2.43. The van der Waals surface area contributed by atoms with Gasteiger partial charge in [-0.3, -0.25) is 34.7 Å². The van der Waals surface area contributed by atoms with Crippen LogP contribution in [-0.2, 0) is 4.79 Å². The van der Waals surface area contributed by atoms with E-state index >= 15 is 0 Å². The molecule has 0 radical (unpaired) electrons. The highest BCUT2D eigenvalue weighted by Gasteiger charge is 2.73. The van der Waals surface area contributed by atoms with Gasteiger partial charge in [-0.25, -0.2) is 0 Å².